The van der Waals surface area contributed by atoms with Gasteiger partial charge in [0.05, 0.1) is 17.2 Å². The Bertz CT molecular complexity index is 1110. The van der Waals surface area contributed by atoms with Crippen molar-refractivity contribution in [2.24, 2.45) is 0 Å². The molecule has 3 heterocycles. The molecule has 0 bridgehead atoms. The lowest BCUT2D eigenvalue weighted by molar-refractivity contribution is 0.164. The Morgan fingerprint density at radius 1 is 1.13 bits per heavy atom. The van der Waals surface area contributed by atoms with Crippen LogP contribution in [-0.4, -0.2) is 35.2 Å². The SMILES string of the molecule is N#CC1=CC=C(c2ccc(F)cc2)NC1N1CCCC(Nc2ccc(C#N)c(N)n2)C1. The third-order valence-electron chi connectivity index (χ3n) is 5.52. The molecule has 1 aromatic carbocycles. The van der Waals surface area contributed by atoms with E-state index in [1.54, 1.807) is 24.3 Å². The number of nitrogens with two attached hydrogens (primary N) is 1. The first kappa shape index (κ1) is 20.4. The second kappa shape index (κ2) is 8.86. The Kier molecular flexibility index (Phi) is 5.83. The van der Waals surface area contributed by atoms with Gasteiger partial charge in [0, 0.05) is 24.8 Å². The number of nitrogens with zero attached hydrogens (tertiary/aromatic N) is 4. The Labute approximate surface area is 180 Å². The lowest BCUT2D eigenvalue weighted by atomic mass is 10.00. The monoisotopic (exact) mass is 415 g/mol. The zero-order valence-corrected chi connectivity index (χ0v) is 16.8. The van der Waals surface area contributed by atoms with E-state index in [1.165, 1.54) is 12.1 Å². The predicted octanol–water partition coefficient (Wildman–Crippen LogP) is 2.97. The molecule has 4 N–H and O–H groups in total. The molecule has 31 heavy (non-hydrogen) atoms. The highest BCUT2D eigenvalue weighted by molar-refractivity contribution is 5.68. The summed E-state index contributed by atoms with van der Waals surface area (Å²) in [6, 6.07) is 14.1. The summed E-state index contributed by atoms with van der Waals surface area (Å²) < 4.78 is 13.3. The highest BCUT2D eigenvalue weighted by Gasteiger charge is 2.30. The second-order valence-corrected chi connectivity index (χ2v) is 7.59. The second-order valence-electron chi connectivity index (χ2n) is 7.59. The molecule has 2 unspecified atom stereocenters. The average molecular weight is 415 g/mol. The van der Waals surface area contributed by atoms with Crippen molar-refractivity contribution in [2.45, 2.75) is 25.0 Å². The summed E-state index contributed by atoms with van der Waals surface area (Å²) in [6.07, 6.45) is 5.32. The Balaban J connectivity index is 1.48. The van der Waals surface area contributed by atoms with E-state index >= 15 is 0 Å². The summed E-state index contributed by atoms with van der Waals surface area (Å²) in [7, 11) is 0. The Morgan fingerprint density at radius 3 is 2.65 bits per heavy atom. The van der Waals surface area contributed by atoms with Gasteiger partial charge in [-0.05, 0) is 54.8 Å². The van der Waals surface area contributed by atoms with Crippen LogP contribution in [0.25, 0.3) is 5.70 Å². The van der Waals surface area contributed by atoms with Gasteiger partial charge in [0.1, 0.15) is 29.7 Å². The van der Waals surface area contributed by atoms with Gasteiger partial charge in [-0.2, -0.15) is 10.5 Å². The molecule has 7 nitrogen and oxygen atoms in total. The lowest BCUT2D eigenvalue weighted by Gasteiger charge is -2.40. The number of hydrogen-bond acceptors (Lipinski definition) is 7. The number of halogens is 1. The summed E-state index contributed by atoms with van der Waals surface area (Å²) in [4.78, 5) is 6.49. The molecule has 0 aliphatic carbocycles. The molecule has 4 rings (SSSR count). The van der Waals surface area contributed by atoms with Crippen molar-refractivity contribution >= 4 is 17.3 Å². The van der Waals surface area contributed by atoms with Gasteiger partial charge in [0.15, 0.2) is 0 Å². The van der Waals surface area contributed by atoms with Crippen molar-refractivity contribution in [3.8, 4) is 12.1 Å². The minimum atomic E-state index is -0.285. The maximum absolute atomic E-state index is 13.3. The Hall–Kier alpha value is -3.88. The molecule has 2 atom stereocenters. The fourth-order valence-corrected chi connectivity index (χ4v) is 3.95. The molecule has 1 fully saturated rings. The maximum Gasteiger partial charge on any atom is 0.143 e. The van der Waals surface area contributed by atoms with Crippen molar-refractivity contribution in [2.75, 3.05) is 24.1 Å². The number of allylic oxidation sites excluding steroid dienone is 2. The van der Waals surface area contributed by atoms with E-state index in [2.05, 4.69) is 26.6 Å². The van der Waals surface area contributed by atoms with Crippen LogP contribution in [0.3, 0.4) is 0 Å². The van der Waals surface area contributed by atoms with E-state index in [1.807, 2.05) is 18.2 Å². The smallest absolute Gasteiger partial charge is 0.143 e. The first-order valence-electron chi connectivity index (χ1n) is 10.1. The highest BCUT2D eigenvalue weighted by Crippen LogP contribution is 2.25. The maximum atomic E-state index is 13.3. The average Bonchev–Trinajstić information content (AvgIpc) is 2.79. The fraction of sp³-hybridized carbons (Fsp3) is 0.261. The molecule has 0 spiro atoms. The van der Waals surface area contributed by atoms with E-state index in [9.17, 15) is 9.65 Å². The standard InChI is InChI=1S/C23H22FN7/c24-18-7-3-15(4-8-18)20-9-5-17(13-26)23(29-20)31-11-1-2-19(14-31)28-21-10-6-16(12-25)22(27)30-21/h3-10,19,23,29H,1-2,11,14H2,(H3,27,28,30). The molecule has 156 valence electrons. The summed E-state index contributed by atoms with van der Waals surface area (Å²) >= 11 is 0. The molecular weight excluding hydrogens is 393 g/mol. The van der Waals surface area contributed by atoms with Gasteiger partial charge in [-0.25, -0.2) is 9.37 Å². The third-order valence-corrected chi connectivity index (χ3v) is 5.52. The summed E-state index contributed by atoms with van der Waals surface area (Å²) in [5.74, 6) is 0.549. The van der Waals surface area contributed by atoms with Crippen molar-refractivity contribution in [1.82, 2.24) is 15.2 Å². The van der Waals surface area contributed by atoms with E-state index in [4.69, 9.17) is 11.0 Å². The minimum Gasteiger partial charge on any atom is -0.383 e. The first-order valence-corrected chi connectivity index (χ1v) is 10.1. The van der Waals surface area contributed by atoms with Gasteiger partial charge in [-0.1, -0.05) is 12.1 Å². The number of likely N-dealkylation sites (tertiary alicyclic amines) is 1. The molecule has 8 heteroatoms. The van der Waals surface area contributed by atoms with E-state index in [-0.39, 0.29) is 23.8 Å². The van der Waals surface area contributed by atoms with Gasteiger partial charge < -0.3 is 16.4 Å². The topological polar surface area (TPSA) is 114 Å². The lowest BCUT2D eigenvalue weighted by Crippen LogP contribution is -2.53. The van der Waals surface area contributed by atoms with E-state index in [0.717, 1.165) is 30.6 Å². The molecule has 1 aromatic heterocycles. The number of pyridine rings is 1. The van der Waals surface area contributed by atoms with Crippen molar-refractivity contribution < 1.29 is 4.39 Å². The van der Waals surface area contributed by atoms with Crippen LogP contribution >= 0.6 is 0 Å². The molecule has 2 aliphatic heterocycles. The number of dihydropyridines is 1. The van der Waals surface area contributed by atoms with Gasteiger partial charge in [-0.3, -0.25) is 4.90 Å². The zero-order chi connectivity index (χ0) is 21.8. The first-order chi connectivity index (χ1) is 15.1. The van der Waals surface area contributed by atoms with Gasteiger partial charge in [0.25, 0.3) is 0 Å². The molecule has 1 saturated heterocycles. The molecule has 2 aromatic rings. The zero-order valence-electron chi connectivity index (χ0n) is 16.8. The van der Waals surface area contributed by atoms with Crippen LogP contribution in [-0.2, 0) is 0 Å². The number of piperidine rings is 1. The largest absolute Gasteiger partial charge is 0.383 e. The highest BCUT2D eigenvalue weighted by atomic mass is 19.1. The van der Waals surface area contributed by atoms with Crippen LogP contribution in [0.4, 0.5) is 16.0 Å². The number of aromatic nitrogens is 1. The fourth-order valence-electron chi connectivity index (χ4n) is 3.95. The van der Waals surface area contributed by atoms with Gasteiger partial charge >= 0.3 is 0 Å². The third kappa shape index (κ3) is 4.50. The van der Waals surface area contributed by atoms with Crippen LogP contribution in [0.1, 0.15) is 24.0 Å². The number of nitriles is 2. The minimum absolute atomic E-state index is 0.121. The van der Waals surface area contributed by atoms with Gasteiger partial charge in [0.2, 0.25) is 0 Å². The summed E-state index contributed by atoms with van der Waals surface area (Å²) in [5, 5.41) is 25.5. The predicted molar refractivity (Wildman–Crippen MR) is 117 cm³/mol. The molecule has 0 saturated carbocycles. The van der Waals surface area contributed by atoms with Crippen molar-refractivity contribution in [1.29, 1.82) is 10.5 Å². The van der Waals surface area contributed by atoms with E-state index in [0.29, 0.717) is 23.5 Å². The molecule has 0 amide bonds. The molecule has 0 radical (unpaired) electrons. The summed E-state index contributed by atoms with van der Waals surface area (Å²) in [6.45, 7) is 1.55. The number of hydrogen-bond donors (Lipinski definition) is 3. The van der Waals surface area contributed by atoms with Gasteiger partial charge in [-0.15, -0.1) is 0 Å². The summed E-state index contributed by atoms with van der Waals surface area (Å²) in [5.41, 5.74) is 8.53. The number of nitrogen functional groups attached to an aromatic ring is 1. The Morgan fingerprint density at radius 2 is 1.94 bits per heavy atom. The van der Waals surface area contributed by atoms with Crippen molar-refractivity contribution in [3.05, 3.63) is 71.1 Å². The quantitative estimate of drug-likeness (QED) is 0.703. The van der Waals surface area contributed by atoms with Crippen LogP contribution in [0.2, 0.25) is 0 Å². The number of benzene rings is 1. The molecular formula is C23H22FN7. The number of rotatable bonds is 4. The number of nitrogens with one attached hydrogen (secondary N) is 2. The normalized spacial score (nSPS) is 21.1. The number of anilines is 2. The van der Waals surface area contributed by atoms with Crippen LogP contribution in [0.15, 0.2) is 54.1 Å². The van der Waals surface area contributed by atoms with Crippen LogP contribution in [0.5, 0.6) is 0 Å². The van der Waals surface area contributed by atoms with Crippen molar-refractivity contribution in [3.63, 3.8) is 0 Å². The van der Waals surface area contributed by atoms with Crippen LogP contribution in [0, 0.1) is 28.5 Å². The van der Waals surface area contributed by atoms with E-state index < -0.39 is 0 Å². The molecule has 2 aliphatic rings. The van der Waals surface area contributed by atoms with Crippen LogP contribution < -0.4 is 16.4 Å².